The van der Waals surface area contributed by atoms with E-state index in [0.29, 0.717) is 6.54 Å². The van der Waals surface area contributed by atoms with Crippen molar-refractivity contribution >= 4 is 5.97 Å². The van der Waals surface area contributed by atoms with Gasteiger partial charge in [0, 0.05) is 6.54 Å². The molecule has 0 saturated heterocycles. The van der Waals surface area contributed by atoms with Crippen molar-refractivity contribution in [1.29, 1.82) is 0 Å². The van der Waals surface area contributed by atoms with Crippen LogP contribution < -0.4 is 5.73 Å². The van der Waals surface area contributed by atoms with Gasteiger partial charge in [-0.25, -0.2) is 0 Å². The predicted molar refractivity (Wildman–Crippen MR) is 43.4 cm³/mol. The van der Waals surface area contributed by atoms with E-state index in [1.165, 1.54) is 0 Å². The minimum Gasteiger partial charge on any atom is -0.480 e. The Morgan fingerprint density at radius 2 is 2.00 bits per heavy atom. The highest BCUT2D eigenvalue weighted by atomic mass is 16.4. The summed E-state index contributed by atoms with van der Waals surface area (Å²) >= 11 is 0. The molecule has 0 unspecified atom stereocenters. The van der Waals surface area contributed by atoms with Gasteiger partial charge in [-0.2, -0.15) is 0 Å². The second-order valence-corrected chi connectivity index (χ2v) is 2.43. The molecule has 0 saturated carbocycles. The molecule has 0 fully saturated rings. The number of nitrogens with two attached hydrogens (primary N) is 1. The molecule has 0 aromatic carbocycles. The summed E-state index contributed by atoms with van der Waals surface area (Å²) < 4.78 is 0. The summed E-state index contributed by atoms with van der Waals surface area (Å²) in [6, 6.07) is -0.755. The lowest BCUT2D eigenvalue weighted by atomic mass is 10.3. The molecule has 0 aromatic rings. The molecule has 0 heterocycles. The first-order valence-electron chi connectivity index (χ1n) is 3.82. The van der Waals surface area contributed by atoms with Crippen LogP contribution in [-0.4, -0.2) is 41.7 Å². The van der Waals surface area contributed by atoms with Crippen molar-refractivity contribution in [3.63, 3.8) is 0 Å². The van der Waals surface area contributed by atoms with Crippen LogP contribution in [0.4, 0.5) is 0 Å². The summed E-state index contributed by atoms with van der Waals surface area (Å²) in [5.41, 5.74) is 5.33. The van der Waals surface area contributed by atoms with Crippen LogP contribution in [0.2, 0.25) is 0 Å². The Bertz CT molecular complexity index is 124. The van der Waals surface area contributed by atoms with Gasteiger partial charge in [0.15, 0.2) is 0 Å². The van der Waals surface area contributed by atoms with Crippen LogP contribution >= 0.6 is 0 Å². The van der Waals surface area contributed by atoms with Gasteiger partial charge in [-0.05, 0) is 13.1 Å². The molecule has 1 atom stereocenters. The summed E-state index contributed by atoms with van der Waals surface area (Å²) in [5, 5.41) is 8.47. The SMILES string of the molecule is CCN(CC)C[C@H](N)C(=O)O. The van der Waals surface area contributed by atoms with Crippen LogP contribution in [0.25, 0.3) is 0 Å². The molecule has 4 heteroatoms. The van der Waals surface area contributed by atoms with Gasteiger partial charge in [0.1, 0.15) is 6.04 Å². The zero-order chi connectivity index (χ0) is 8.85. The lowest BCUT2D eigenvalue weighted by Gasteiger charge is -2.19. The van der Waals surface area contributed by atoms with Crippen molar-refractivity contribution in [3.8, 4) is 0 Å². The number of rotatable bonds is 5. The molecule has 11 heavy (non-hydrogen) atoms. The fraction of sp³-hybridized carbons (Fsp3) is 0.857. The quantitative estimate of drug-likeness (QED) is 0.581. The molecule has 4 nitrogen and oxygen atoms in total. The number of carboxylic acids is 1. The van der Waals surface area contributed by atoms with Crippen molar-refractivity contribution in [2.24, 2.45) is 5.73 Å². The molecular weight excluding hydrogens is 144 g/mol. The summed E-state index contributed by atoms with van der Waals surface area (Å²) in [7, 11) is 0. The van der Waals surface area contributed by atoms with Gasteiger partial charge >= 0.3 is 5.97 Å². The van der Waals surface area contributed by atoms with Crippen LogP contribution in [0, 0.1) is 0 Å². The summed E-state index contributed by atoms with van der Waals surface area (Å²) in [6.45, 7) is 6.09. The normalized spacial score (nSPS) is 13.5. The standard InChI is InChI=1S/C7H16N2O2/c1-3-9(4-2)5-6(8)7(10)11/h6H,3-5,8H2,1-2H3,(H,10,11)/t6-/m0/s1. The van der Waals surface area contributed by atoms with Crippen LogP contribution in [0.15, 0.2) is 0 Å². The third-order valence-corrected chi connectivity index (χ3v) is 1.67. The fourth-order valence-corrected chi connectivity index (χ4v) is 0.838. The van der Waals surface area contributed by atoms with E-state index in [9.17, 15) is 4.79 Å². The van der Waals surface area contributed by atoms with Gasteiger partial charge in [-0.1, -0.05) is 13.8 Å². The number of aliphatic carboxylic acids is 1. The van der Waals surface area contributed by atoms with Gasteiger partial charge in [0.25, 0.3) is 0 Å². The van der Waals surface area contributed by atoms with Crippen LogP contribution in [0.1, 0.15) is 13.8 Å². The molecule has 66 valence electrons. The maximum Gasteiger partial charge on any atom is 0.321 e. The summed E-state index contributed by atoms with van der Waals surface area (Å²) in [5.74, 6) is -0.933. The van der Waals surface area contributed by atoms with Crippen molar-refractivity contribution in [2.75, 3.05) is 19.6 Å². The van der Waals surface area contributed by atoms with Crippen molar-refractivity contribution in [3.05, 3.63) is 0 Å². The Labute approximate surface area is 67.0 Å². The zero-order valence-electron chi connectivity index (χ0n) is 7.08. The third-order valence-electron chi connectivity index (χ3n) is 1.67. The van der Waals surface area contributed by atoms with E-state index >= 15 is 0 Å². The van der Waals surface area contributed by atoms with Gasteiger partial charge in [0.2, 0.25) is 0 Å². The lowest BCUT2D eigenvalue weighted by Crippen LogP contribution is -2.42. The summed E-state index contributed by atoms with van der Waals surface area (Å²) in [4.78, 5) is 12.3. The maximum atomic E-state index is 10.3. The molecule has 3 N–H and O–H groups in total. The van der Waals surface area contributed by atoms with Crippen molar-refractivity contribution in [1.82, 2.24) is 4.90 Å². The Kier molecular flexibility index (Phi) is 4.81. The molecule has 0 radical (unpaired) electrons. The first-order valence-corrected chi connectivity index (χ1v) is 3.82. The van der Waals surface area contributed by atoms with Crippen LogP contribution in [-0.2, 0) is 4.79 Å². The Morgan fingerprint density at radius 1 is 1.55 bits per heavy atom. The highest BCUT2D eigenvalue weighted by Gasteiger charge is 2.13. The second-order valence-electron chi connectivity index (χ2n) is 2.43. The van der Waals surface area contributed by atoms with Gasteiger partial charge in [-0.3, -0.25) is 4.79 Å². The Balaban J connectivity index is 3.71. The zero-order valence-corrected chi connectivity index (χ0v) is 7.08. The minimum absolute atomic E-state index is 0.433. The highest BCUT2D eigenvalue weighted by Crippen LogP contribution is 1.89. The molecule has 0 aliphatic carbocycles. The molecule has 0 aliphatic heterocycles. The molecule has 0 aliphatic rings. The van der Waals surface area contributed by atoms with Crippen molar-refractivity contribution in [2.45, 2.75) is 19.9 Å². The van der Waals surface area contributed by atoms with E-state index in [1.54, 1.807) is 0 Å². The van der Waals surface area contributed by atoms with Crippen LogP contribution in [0.5, 0.6) is 0 Å². The number of likely N-dealkylation sites (N-methyl/N-ethyl adjacent to an activating group) is 1. The maximum absolute atomic E-state index is 10.3. The van der Waals surface area contributed by atoms with Gasteiger partial charge in [-0.15, -0.1) is 0 Å². The Hall–Kier alpha value is -0.610. The van der Waals surface area contributed by atoms with E-state index in [-0.39, 0.29) is 0 Å². The lowest BCUT2D eigenvalue weighted by molar-refractivity contribution is -0.138. The smallest absolute Gasteiger partial charge is 0.321 e. The van der Waals surface area contributed by atoms with E-state index in [2.05, 4.69) is 0 Å². The fourth-order valence-electron chi connectivity index (χ4n) is 0.838. The van der Waals surface area contributed by atoms with E-state index < -0.39 is 12.0 Å². The third kappa shape index (κ3) is 3.95. The van der Waals surface area contributed by atoms with Crippen molar-refractivity contribution < 1.29 is 9.90 Å². The Morgan fingerprint density at radius 3 is 2.27 bits per heavy atom. The van der Waals surface area contributed by atoms with E-state index in [0.717, 1.165) is 13.1 Å². The molecule has 0 rings (SSSR count). The highest BCUT2D eigenvalue weighted by molar-refractivity contribution is 5.73. The molecule has 0 amide bonds. The predicted octanol–water partition coefficient (Wildman–Crippen LogP) is -0.260. The average molecular weight is 160 g/mol. The number of nitrogens with zero attached hydrogens (tertiary/aromatic N) is 1. The number of carboxylic acid groups (broad SMARTS) is 1. The monoisotopic (exact) mass is 160 g/mol. The largest absolute Gasteiger partial charge is 0.480 e. The molecular formula is C7H16N2O2. The number of hydrogen-bond acceptors (Lipinski definition) is 3. The summed E-state index contributed by atoms with van der Waals surface area (Å²) in [6.07, 6.45) is 0. The van der Waals surface area contributed by atoms with Gasteiger partial charge in [0.05, 0.1) is 0 Å². The topological polar surface area (TPSA) is 66.6 Å². The molecule has 0 aromatic heterocycles. The first kappa shape index (κ1) is 10.4. The second kappa shape index (κ2) is 5.09. The number of carbonyl (C=O) groups is 1. The molecule has 0 bridgehead atoms. The van der Waals surface area contributed by atoms with Crippen LogP contribution in [0.3, 0.4) is 0 Å². The molecule has 0 spiro atoms. The number of hydrogen-bond donors (Lipinski definition) is 2. The first-order chi connectivity index (χ1) is 5.11. The van der Waals surface area contributed by atoms with Gasteiger partial charge < -0.3 is 15.7 Å². The minimum atomic E-state index is -0.933. The van der Waals surface area contributed by atoms with E-state index in [1.807, 2.05) is 18.7 Å². The van der Waals surface area contributed by atoms with E-state index in [4.69, 9.17) is 10.8 Å². The average Bonchev–Trinajstić information content (AvgIpc) is 1.99.